The van der Waals surface area contributed by atoms with Crippen molar-refractivity contribution in [3.05, 3.63) is 35.9 Å². The van der Waals surface area contributed by atoms with Crippen molar-refractivity contribution < 1.29 is 0 Å². The standard InChI is InChI=1S/C14H20N2/c1-2-4-12(5-3-1)9-16-10-13-6-14(11-16)8-15-7-13/h1-5,13-15H,6-11H2/t13-,14-/m1/s1. The third kappa shape index (κ3) is 2.28. The van der Waals surface area contributed by atoms with E-state index in [1.54, 1.807) is 0 Å². The summed E-state index contributed by atoms with van der Waals surface area (Å²) in [6.45, 7) is 6.13. The van der Waals surface area contributed by atoms with Crippen LogP contribution in [0.3, 0.4) is 0 Å². The molecule has 2 aliphatic heterocycles. The maximum Gasteiger partial charge on any atom is 0.0233 e. The van der Waals surface area contributed by atoms with Crippen LogP contribution in [0, 0.1) is 11.8 Å². The molecule has 0 unspecified atom stereocenters. The van der Waals surface area contributed by atoms with Crippen molar-refractivity contribution >= 4 is 0 Å². The molecule has 0 aromatic heterocycles. The molecule has 3 rings (SSSR count). The van der Waals surface area contributed by atoms with Crippen molar-refractivity contribution in [1.82, 2.24) is 10.2 Å². The minimum atomic E-state index is 0.885. The van der Waals surface area contributed by atoms with Crippen LogP contribution >= 0.6 is 0 Å². The Morgan fingerprint density at radius 2 is 1.75 bits per heavy atom. The van der Waals surface area contributed by atoms with Crippen molar-refractivity contribution in [3.63, 3.8) is 0 Å². The second kappa shape index (κ2) is 4.56. The molecule has 2 bridgehead atoms. The second-order valence-corrected chi connectivity index (χ2v) is 5.31. The monoisotopic (exact) mass is 216 g/mol. The molecule has 2 heterocycles. The van der Waals surface area contributed by atoms with Gasteiger partial charge in [-0.3, -0.25) is 4.90 Å². The Hall–Kier alpha value is -0.860. The first-order valence-corrected chi connectivity index (χ1v) is 6.37. The molecule has 1 aromatic carbocycles. The predicted molar refractivity (Wildman–Crippen MR) is 66.2 cm³/mol. The molecule has 0 spiro atoms. The zero-order valence-corrected chi connectivity index (χ0v) is 9.73. The van der Waals surface area contributed by atoms with Gasteiger partial charge in [-0.2, -0.15) is 0 Å². The molecule has 0 amide bonds. The summed E-state index contributed by atoms with van der Waals surface area (Å²) in [5, 5.41) is 3.54. The van der Waals surface area contributed by atoms with Crippen LogP contribution in [0.15, 0.2) is 30.3 Å². The number of benzene rings is 1. The highest BCUT2D eigenvalue weighted by molar-refractivity contribution is 5.14. The van der Waals surface area contributed by atoms with Crippen LogP contribution in [0.2, 0.25) is 0 Å². The number of fused-ring (bicyclic) bond motifs is 2. The van der Waals surface area contributed by atoms with Crippen molar-refractivity contribution in [3.8, 4) is 0 Å². The Labute approximate surface area is 97.6 Å². The van der Waals surface area contributed by atoms with Gasteiger partial charge in [0.2, 0.25) is 0 Å². The van der Waals surface area contributed by atoms with Crippen LogP contribution < -0.4 is 5.32 Å². The van der Waals surface area contributed by atoms with Gasteiger partial charge < -0.3 is 5.32 Å². The molecule has 86 valence electrons. The lowest BCUT2D eigenvalue weighted by Crippen LogP contribution is -2.50. The Bertz CT molecular complexity index is 324. The van der Waals surface area contributed by atoms with Crippen molar-refractivity contribution in [2.45, 2.75) is 13.0 Å². The fraction of sp³-hybridized carbons (Fsp3) is 0.571. The molecule has 2 heteroatoms. The third-order valence-electron chi connectivity index (χ3n) is 3.81. The van der Waals surface area contributed by atoms with Gasteiger partial charge in [0.05, 0.1) is 0 Å². The highest BCUT2D eigenvalue weighted by Crippen LogP contribution is 2.25. The van der Waals surface area contributed by atoms with E-state index in [1.807, 2.05) is 0 Å². The number of rotatable bonds is 2. The van der Waals surface area contributed by atoms with E-state index in [0.717, 1.165) is 18.4 Å². The van der Waals surface area contributed by atoms with Gasteiger partial charge in [-0.15, -0.1) is 0 Å². The molecule has 2 nitrogen and oxygen atoms in total. The maximum absolute atomic E-state index is 3.54. The van der Waals surface area contributed by atoms with Crippen LogP contribution in [-0.4, -0.2) is 31.1 Å². The van der Waals surface area contributed by atoms with E-state index in [2.05, 4.69) is 40.5 Å². The third-order valence-corrected chi connectivity index (χ3v) is 3.81. The molecular weight excluding hydrogens is 196 g/mol. The maximum atomic E-state index is 3.54. The van der Waals surface area contributed by atoms with Crippen LogP contribution in [0.5, 0.6) is 0 Å². The van der Waals surface area contributed by atoms with Crippen LogP contribution in [0.4, 0.5) is 0 Å². The number of hydrogen-bond donors (Lipinski definition) is 1. The summed E-state index contributed by atoms with van der Waals surface area (Å²) in [7, 11) is 0. The number of hydrogen-bond acceptors (Lipinski definition) is 2. The lowest BCUT2D eigenvalue weighted by atomic mass is 9.86. The molecule has 2 atom stereocenters. The SMILES string of the molecule is c1ccc(CN2C[C@H]3CNC[C@@H](C3)C2)cc1. The molecular formula is C14H20N2. The molecule has 0 aliphatic carbocycles. The Morgan fingerprint density at radius 3 is 2.44 bits per heavy atom. The summed E-state index contributed by atoms with van der Waals surface area (Å²) in [6, 6.07) is 10.9. The van der Waals surface area contributed by atoms with Gasteiger partial charge in [0.25, 0.3) is 0 Å². The lowest BCUT2D eigenvalue weighted by molar-refractivity contribution is 0.0917. The van der Waals surface area contributed by atoms with Crippen molar-refractivity contribution in [1.29, 1.82) is 0 Å². The van der Waals surface area contributed by atoms with Gasteiger partial charge in [-0.25, -0.2) is 0 Å². The average molecular weight is 216 g/mol. The molecule has 0 radical (unpaired) electrons. The summed E-state index contributed by atoms with van der Waals surface area (Å²) in [5.74, 6) is 1.77. The van der Waals surface area contributed by atoms with E-state index in [1.165, 1.54) is 38.2 Å². The van der Waals surface area contributed by atoms with E-state index in [0.29, 0.717) is 0 Å². The van der Waals surface area contributed by atoms with Crippen LogP contribution in [0.25, 0.3) is 0 Å². The molecule has 16 heavy (non-hydrogen) atoms. The smallest absolute Gasteiger partial charge is 0.0233 e. The molecule has 1 aromatic rings. The zero-order chi connectivity index (χ0) is 10.8. The van der Waals surface area contributed by atoms with Gasteiger partial charge in [-0.1, -0.05) is 30.3 Å². The van der Waals surface area contributed by atoms with E-state index in [9.17, 15) is 0 Å². The first-order valence-electron chi connectivity index (χ1n) is 6.37. The Morgan fingerprint density at radius 1 is 1.06 bits per heavy atom. The van der Waals surface area contributed by atoms with Crippen molar-refractivity contribution in [2.75, 3.05) is 26.2 Å². The van der Waals surface area contributed by atoms with Gasteiger partial charge in [0.15, 0.2) is 0 Å². The van der Waals surface area contributed by atoms with Gasteiger partial charge in [0.1, 0.15) is 0 Å². The molecule has 0 saturated carbocycles. The average Bonchev–Trinajstić information content (AvgIpc) is 2.30. The predicted octanol–water partition coefficient (Wildman–Crippen LogP) is 1.73. The minimum Gasteiger partial charge on any atom is -0.316 e. The second-order valence-electron chi connectivity index (χ2n) is 5.31. The molecule has 2 aliphatic rings. The number of nitrogens with one attached hydrogen (secondary N) is 1. The molecule has 1 N–H and O–H groups in total. The fourth-order valence-electron chi connectivity index (χ4n) is 3.18. The normalized spacial score (nSPS) is 30.2. The van der Waals surface area contributed by atoms with Gasteiger partial charge in [0, 0.05) is 19.6 Å². The highest BCUT2D eigenvalue weighted by Gasteiger charge is 2.29. The van der Waals surface area contributed by atoms with Crippen molar-refractivity contribution in [2.24, 2.45) is 11.8 Å². The molecule has 2 saturated heterocycles. The first kappa shape index (κ1) is 10.3. The van der Waals surface area contributed by atoms with E-state index < -0.39 is 0 Å². The Balaban J connectivity index is 1.63. The Kier molecular flexibility index (Phi) is 2.94. The van der Waals surface area contributed by atoms with Gasteiger partial charge in [-0.05, 0) is 36.9 Å². The minimum absolute atomic E-state index is 0.885. The first-order chi connectivity index (χ1) is 7.90. The topological polar surface area (TPSA) is 15.3 Å². The largest absolute Gasteiger partial charge is 0.316 e. The summed E-state index contributed by atoms with van der Waals surface area (Å²) < 4.78 is 0. The van der Waals surface area contributed by atoms with E-state index in [4.69, 9.17) is 0 Å². The fourth-order valence-corrected chi connectivity index (χ4v) is 3.18. The zero-order valence-electron chi connectivity index (χ0n) is 9.73. The highest BCUT2D eigenvalue weighted by atomic mass is 15.2. The van der Waals surface area contributed by atoms with E-state index >= 15 is 0 Å². The number of piperidine rings is 2. The van der Waals surface area contributed by atoms with Crippen LogP contribution in [0.1, 0.15) is 12.0 Å². The lowest BCUT2D eigenvalue weighted by Gasteiger charge is -2.41. The van der Waals surface area contributed by atoms with E-state index in [-0.39, 0.29) is 0 Å². The van der Waals surface area contributed by atoms with Gasteiger partial charge >= 0.3 is 0 Å². The summed E-state index contributed by atoms with van der Waals surface area (Å²) in [5.41, 5.74) is 1.45. The summed E-state index contributed by atoms with van der Waals surface area (Å²) >= 11 is 0. The number of likely N-dealkylation sites (tertiary alicyclic amines) is 1. The summed E-state index contributed by atoms with van der Waals surface area (Å²) in [4.78, 5) is 2.63. The summed E-state index contributed by atoms with van der Waals surface area (Å²) in [6.07, 6.45) is 1.44. The number of nitrogens with zero attached hydrogens (tertiary/aromatic N) is 1. The molecule has 2 fully saturated rings. The van der Waals surface area contributed by atoms with Crippen LogP contribution in [-0.2, 0) is 6.54 Å². The quantitative estimate of drug-likeness (QED) is 0.810.